The maximum Gasteiger partial charge on any atom is 0.248 e. The molecule has 1 aromatic heterocycles. The van der Waals surface area contributed by atoms with E-state index in [1.165, 1.54) is 0 Å². The summed E-state index contributed by atoms with van der Waals surface area (Å²) in [6.07, 6.45) is 1.77. The lowest BCUT2D eigenvalue weighted by molar-refractivity contribution is -0.138. The SMILES string of the molecule is CC(C)(C)NC(=O)COCC(=O)N1CCN(c2ccccn2)CC1. The van der Waals surface area contributed by atoms with E-state index < -0.39 is 0 Å². The van der Waals surface area contributed by atoms with Gasteiger partial charge in [-0.2, -0.15) is 0 Å². The van der Waals surface area contributed by atoms with Crippen LogP contribution in [0.3, 0.4) is 0 Å². The van der Waals surface area contributed by atoms with E-state index in [1.54, 1.807) is 11.1 Å². The maximum absolute atomic E-state index is 12.1. The number of rotatable bonds is 5. The molecule has 0 unspecified atom stereocenters. The third-order valence-corrected chi connectivity index (χ3v) is 3.58. The minimum atomic E-state index is -0.299. The number of hydrogen-bond donors (Lipinski definition) is 1. The van der Waals surface area contributed by atoms with Gasteiger partial charge in [0.25, 0.3) is 0 Å². The van der Waals surface area contributed by atoms with Gasteiger partial charge in [0.2, 0.25) is 11.8 Å². The molecule has 1 aliphatic rings. The molecule has 1 saturated heterocycles. The van der Waals surface area contributed by atoms with E-state index in [-0.39, 0.29) is 30.6 Å². The number of ether oxygens (including phenoxy) is 1. The molecule has 1 fully saturated rings. The zero-order chi connectivity index (χ0) is 17.6. The Morgan fingerprint density at radius 1 is 1.17 bits per heavy atom. The topological polar surface area (TPSA) is 74.8 Å². The second-order valence-electron chi connectivity index (χ2n) is 6.85. The monoisotopic (exact) mass is 334 g/mol. The zero-order valence-electron chi connectivity index (χ0n) is 14.6. The predicted molar refractivity (Wildman–Crippen MR) is 91.7 cm³/mol. The van der Waals surface area contributed by atoms with E-state index in [1.807, 2.05) is 39.0 Å². The van der Waals surface area contributed by atoms with Crippen molar-refractivity contribution in [2.24, 2.45) is 0 Å². The quantitative estimate of drug-likeness (QED) is 0.856. The standard InChI is InChI=1S/C17H26N4O3/c1-17(2,3)19-15(22)12-24-13-16(23)21-10-8-20(9-11-21)14-6-4-5-7-18-14/h4-7H,8-13H2,1-3H3,(H,19,22). The fraction of sp³-hybridized carbons (Fsp3) is 0.588. The van der Waals surface area contributed by atoms with Gasteiger partial charge in [0.1, 0.15) is 19.0 Å². The van der Waals surface area contributed by atoms with Crippen LogP contribution >= 0.6 is 0 Å². The molecule has 132 valence electrons. The number of pyridine rings is 1. The van der Waals surface area contributed by atoms with Crippen LogP contribution in [0.25, 0.3) is 0 Å². The molecule has 0 radical (unpaired) electrons. The zero-order valence-corrected chi connectivity index (χ0v) is 14.6. The first-order valence-electron chi connectivity index (χ1n) is 8.18. The Bertz CT molecular complexity index is 549. The van der Waals surface area contributed by atoms with E-state index in [4.69, 9.17) is 4.74 Å². The Labute approximate surface area is 143 Å². The average molecular weight is 334 g/mol. The van der Waals surface area contributed by atoms with Gasteiger partial charge < -0.3 is 19.9 Å². The summed E-state index contributed by atoms with van der Waals surface area (Å²) in [4.78, 5) is 32.0. The minimum Gasteiger partial charge on any atom is -0.362 e. The van der Waals surface area contributed by atoms with Crippen LogP contribution in [0, 0.1) is 0 Å². The molecule has 0 atom stereocenters. The Morgan fingerprint density at radius 2 is 1.88 bits per heavy atom. The van der Waals surface area contributed by atoms with Gasteiger partial charge in [0.15, 0.2) is 0 Å². The largest absolute Gasteiger partial charge is 0.362 e. The van der Waals surface area contributed by atoms with Crippen LogP contribution in [-0.4, -0.2) is 66.6 Å². The van der Waals surface area contributed by atoms with Crippen LogP contribution in [0.5, 0.6) is 0 Å². The lowest BCUT2D eigenvalue weighted by Gasteiger charge is -2.35. The van der Waals surface area contributed by atoms with Gasteiger partial charge in [-0.15, -0.1) is 0 Å². The predicted octanol–water partition coefficient (Wildman–Crippen LogP) is 0.662. The number of hydrogen-bond acceptors (Lipinski definition) is 5. The van der Waals surface area contributed by atoms with Gasteiger partial charge in [-0.25, -0.2) is 4.98 Å². The number of piperazine rings is 1. The van der Waals surface area contributed by atoms with Gasteiger partial charge >= 0.3 is 0 Å². The molecule has 2 amide bonds. The highest BCUT2D eigenvalue weighted by Crippen LogP contribution is 2.12. The van der Waals surface area contributed by atoms with Gasteiger partial charge in [-0.1, -0.05) is 6.07 Å². The molecule has 7 heteroatoms. The molecule has 0 saturated carbocycles. The first-order valence-corrected chi connectivity index (χ1v) is 8.18. The van der Waals surface area contributed by atoms with Crippen molar-refractivity contribution in [1.29, 1.82) is 0 Å². The van der Waals surface area contributed by atoms with E-state index in [9.17, 15) is 9.59 Å². The van der Waals surface area contributed by atoms with E-state index in [0.29, 0.717) is 13.1 Å². The minimum absolute atomic E-state index is 0.0683. The number of amides is 2. The fourth-order valence-corrected chi connectivity index (χ4v) is 2.50. The smallest absolute Gasteiger partial charge is 0.248 e. The number of nitrogens with zero attached hydrogens (tertiary/aromatic N) is 3. The van der Waals surface area contributed by atoms with Gasteiger partial charge in [-0.3, -0.25) is 9.59 Å². The summed E-state index contributed by atoms with van der Waals surface area (Å²) in [5, 5.41) is 2.79. The van der Waals surface area contributed by atoms with Crippen LogP contribution in [0.2, 0.25) is 0 Å². The van der Waals surface area contributed by atoms with Crippen LogP contribution in [0.4, 0.5) is 5.82 Å². The molecule has 2 rings (SSSR count). The van der Waals surface area contributed by atoms with Crippen molar-refractivity contribution in [3.05, 3.63) is 24.4 Å². The van der Waals surface area contributed by atoms with Crippen molar-refractivity contribution < 1.29 is 14.3 Å². The molecule has 2 heterocycles. The number of nitrogens with one attached hydrogen (secondary N) is 1. The Balaban J connectivity index is 1.69. The van der Waals surface area contributed by atoms with Crippen LogP contribution in [0.15, 0.2) is 24.4 Å². The summed E-state index contributed by atoms with van der Waals surface area (Å²) >= 11 is 0. The van der Waals surface area contributed by atoms with Crippen molar-refractivity contribution in [3.8, 4) is 0 Å². The van der Waals surface area contributed by atoms with Gasteiger partial charge in [-0.05, 0) is 32.9 Å². The molecule has 0 aliphatic carbocycles. The molecular weight excluding hydrogens is 308 g/mol. The number of aromatic nitrogens is 1. The number of carbonyl (C=O) groups excluding carboxylic acids is 2. The number of anilines is 1. The highest BCUT2D eigenvalue weighted by molar-refractivity contribution is 5.80. The molecule has 0 spiro atoms. The van der Waals surface area contributed by atoms with E-state index in [0.717, 1.165) is 18.9 Å². The van der Waals surface area contributed by atoms with Crippen molar-refractivity contribution in [2.45, 2.75) is 26.3 Å². The Hall–Kier alpha value is -2.15. The Kier molecular flexibility index (Phi) is 6.14. The first kappa shape index (κ1) is 18.2. The highest BCUT2D eigenvalue weighted by atomic mass is 16.5. The van der Waals surface area contributed by atoms with Gasteiger partial charge in [0.05, 0.1) is 0 Å². The highest BCUT2D eigenvalue weighted by Gasteiger charge is 2.22. The summed E-state index contributed by atoms with van der Waals surface area (Å²) in [6, 6.07) is 5.81. The van der Waals surface area contributed by atoms with Crippen molar-refractivity contribution in [2.75, 3.05) is 44.3 Å². The lowest BCUT2D eigenvalue weighted by Crippen LogP contribution is -2.50. The second kappa shape index (κ2) is 8.10. The molecule has 1 N–H and O–H groups in total. The summed E-state index contributed by atoms with van der Waals surface area (Å²) in [5.41, 5.74) is -0.299. The molecule has 0 bridgehead atoms. The summed E-state index contributed by atoms with van der Waals surface area (Å²) in [5.74, 6) is 0.634. The van der Waals surface area contributed by atoms with Crippen molar-refractivity contribution in [1.82, 2.24) is 15.2 Å². The van der Waals surface area contributed by atoms with Gasteiger partial charge in [0, 0.05) is 37.9 Å². The third-order valence-electron chi connectivity index (χ3n) is 3.58. The van der Waals surface area contributed by atoms with Crippen LogP contribution in [0.1, 0.15) is 20.8 Å². The third kappa shape index (κ3) is 5.81. The first-order chi connectivity index (χ1) is 11.3. The van der Waals surface area contributed by atoms with Crippen molar-refractivity contribution >= 4 is 17.6 Å². The molecule has 1 aliphatic heterocycles. The molecule has 1 aromatic rings. The molecule has 7 nitrogen and oxygen atoms in total. The average Bonchev–Trinajstić information content (AvgIpc) is 2.54. The van der Waals surface area contributed by atoms with Crippen LogP contribution in [-0.2, 0) is 14.3 Å². The summed E-state index contributed by atoms with van der Waals surface area (Å²) < 4.78 is 5.24. The lowest BCUT2D eigenvalue weighted by atomic mass is 10.1. The van der Waals surface area contributed by atoms with E-state index in [2.05, 4.69) is 15.2 Å². The second-order valence-corrected chi connectivity index (χ2v) is 6.85. The summed E-state index contributed by atoms with van der Waals surface area (Å²) in [6.45, 7) is 8.28. The fourth-order valence-electron chi connectivity index (χ4n) is 2.50. The molecule has 24 heavy (non-hydrogen) atoms. The maximum atomic E-state index is 12.1. The van der Waals surface area contributed by atoms with Crippen molar-refractivity contribution in [3.63, 3.8) is 0 Å². The molecular formula is C17H26N4O3. The van der Waals surface area contributed by atoms with Crippen LogP contribution < -0.4 is 10.2 Å². The van der Waals surface area contributed by atoms with E-state index >= 15 is 0 Å². The summed E-state index contributed by atoms with van der Waals surface area (Å²) in [7, 11) is 0. The molecule has 0 aromatic carbocycles. The normalized spacial score (nSPS) is 15.3. The number of carbonyl (C=O) groups is 2. The Morgan fingerprint density at radius 3 is 2.46 bits per heavy atom.